The van der Waals surface area contributed by atoms with E-state index in [1.807, 2.05) is 0 Å². The molecule has 0 aromatic rings. The second kappa shape index (κ2) is 6.95. The number of carbonyl (C=O) groups excluding carboxylic acids is 3. The molecule has 0 aliphatic heterocycles. The first-order chi connectivity index (χ1) is 8.21. The van der Waals surface area contributed by atoms with Gasteiger partial charge in [-0.25, -0.2) is 9.86 Å². The number of nitrogens with one attached hydrogen (secondary N) is 1. The molecule has 0 unspecified atom stereocenters. The number of hydrogen-bond acceptors (Lipinski definition) is 5. The highest BCUT2D eigenvalue weighted by atomic mass is 16.7. The number of amides is 2. The Balaban J connectivity index is 4.58. The standard InChI is InChI=1S/C11H20N2O5/c1-11(2,3)18-10(16)12-8(6-7-14)9(15)13(4)17-5/h7-8H,6H2,1-5H3,(H,12,16)/t8-/m0/s1. The van der Waals surface area contributed by atoms with E-state index in [9.17, 15) is 14.4 Å². The molecule has 1 N–H and O–H groups in total. The molecule has 0 aliphatic rings. The molecule has 0 aliphatic carbocycles. The Morgan fingerprint density at radius 3 is 2.33 bits per heavy atom. The van der Waals surface area contributed by atoms with Gasteiger partial charge in [0.25, 0.3) is 5.91 Å². The largest absolute Gasteiger partial charge is 0.444 e. The summed E-state index contributed by atoms with van der Waals surface area (Å²) >= 11 is 0. The molecule has 0 rings (SSSR count). The lowest BCUT2D eigenvalue weighted by Gasteiger charge is -2.24. The molecule has 104 valence electrons. The van der Waals surface area contributed by atoms with Gasteiger partial charge in [0.1, 0.15) is 17.9 Å². The first-order valence-corrected chi connectivity index (χ1v) is 5.46. The van der Waals surface area contributed by atoms with Gasteiger partial charge in [-0.15, -0.1) is 0 Å². The molecular weight excluding hydrogens is 240 g/mol. The van der Waals surface area contributed by atoms with E-state index in [0.29, 0.717) is 6.29 Å². The van der Waals surface area contributed by atoms with Gasteiger partial charge in [0.2, 0.25) is 0 Å². The van der Waals surface area contributed by atoms with Crippen LogP contribution in [0.5, 0.6) is 0 Å². The zero-order valence-corrected chi connectivity index (χ0v) is 11.4. The fourth-order valence-electron chi connectivity index (χ4n) is 1.08. The molecule has 0 saturated carbocycles. The minimum Gasteiger partial charge on any atom is -0.444 e. The number of likely N-dealkylation sites (N-methyl/N-ethyl adjacent to an activating group) is 1. The molecule has 0 aromatic carbocycles. The summed E-state index contributed by atoms with van der Waals surface area (Å²) in [5.41, 5.74) is -0.675. The van der Waals surface area contributed by atoms with Gasteiger partial charge in [0.15, 0.2) is 0 Å². The van der Waals surface area contributed by atoms with Gasteiger partial charge in [-0.1, -0.05) is 0 Å². The highest BCUT2D eigenvalue weighted by Crippen LogP contribution is 2.07. The molecule has 0 aromatic heterocycles. The van der Waals surface area contributed by atoms with Crippen LogP contribution >= 0.6 is 0 Å². The second-order valence-electron chi connectivity index (χ2n) is 4.62. The summed E-state index contributed by atoms with van der Waals surface area (Å²) in [4.78, 5) is 38.4. The summed E-state index contributed by atoms with van der Waals surface area (Å²) in [7, 11) is 2.69. The van der Waals surface area contributed by atoms with Crippen molar-refractivity contribution in [2.24, 2.45) is 0 Å². The number of alkyl carbamates (subject to hydrolysis) is 1. The summed E-state index contributed by atoms with van der Waals surface area (Å²) in [6.07, 6.45) is -0.359. The van der Waals surface area contributed by atoms with Gasteiger partial charge in [-0.3, -0.25) is 9.63 Å². The first-order valence-electron chi connectivity index (χ1n) is 5.46. The van der Waals surface area contributed by atoms with Crippen LogP contribution in [0, 0.1) is 0 Å². The van der Waals surface area contributed by atoms with Gasteiger partial charge < -0.3 is 14.8 Å². The highest BCUT2D eigenvalue weighted by molar-refractivity contribution is 5.86. The van der Waals surface area contributed by atoms with Gasteiger partial charge in [0, 0.05) is 13.5 Å². The normalized spacial score (nSPS) is 12.5. The molecule has 0 fully saturated rings. The van der Waals surface area contributed by atoms with Crippen molar-refractivity contribution in [3.63, 3.8) is 0 Å². The van der Waals surface area contributed by atoms with E-state index in [-0.39, 0.29) is 6.42 Å². The molecule has 1 atom stereocenters. The second-order valence-corrected chi connectivity index (χ2v) is 4.62. The Morgan fingerprint density at radius 2 is 1.94 bits per heavy atom. The Bertz CT molecular complexity index is 311. The monoisotopic (exact) mass is 260 g/mol. The number of rotatable bonds is 5. The van der Waals surface area contributed by atoms with E-state index in [2.05, 4.69) is 5.32 Å². The highest BCUT2D eigenvalue weighted by Gasteiger charge is 2.26. The zero-order chi connectivity index (χ0) is 14.3. The maximum absolute atomic E-state index is 11.7. The van der Waals surface area contributed by atoms with Gasteiger partial charge in [-0.05, 0) is 20.8 Å². The topological polar surface area (TPSA) is 84.9 Å². The van der Waals surface area contributed by atoms with E-state index in [1.165, 1.54) is 14.2 Å². The van der Waals surface area contributed by atoms with Crippen LogP contribution in [-0.4, -0.2) is 49.2 Å². The summed E-state index contributed by atoms with van der Waals surface area (Å²) in [6.45, 7) is 5.10. The molecule has 7 nitrogen and oxygen atoms in total. The average molecular weight is 260 g/mol. The summed E-state index contributed by atoms with van der Waals surface area (Å²) < 4.78 is 5.00. The third kappa shape index (κ3) is 6.19. The third-order valence-corrected chi connectivity index (χ3v) is 1.91. The van der Waals surface area contributed by atoms with Gasteiger partial charge in [-0.2, -0.15) is 0 Å². The summed E-state index contributed by atoms with van der Waals surface area (Å²) in [5.74, 6) is -0.532. The van der Waals surface area contributed by atoms with Crippen molar-refractivity contribution < 1.29 is 24.0 Å². The fraction of sp³-hybridized carbons (Fsp3) is 0.727. The zero-order valence-electron chi connectivity index (χ0n) is 11.4. The van der Waals surface area contributed by atoms with Crippen LogP contribution in [0.1, 0.15) is 27.2 Å². The predicted molar refractivity (Wildman–Crippen MR) is 63.6 cm³/mol. The van der Waals surface area contributed by atoms with Crippen LogP contribution in [-0.2, 0) is 19.2 Å². The van der Waals surface area contributed by atoms with Crippen molar-refractivity contribution in [3.8, 4) is 0 Å². The minimum absolute atomic E-state index is 0.147. The molecule has 18 heavy (non-hydrogen) atoms. The molecule has 0 bridgehead atoms. The molecular formula is C11H20N2O5. The number of aldehydes is 1. The Kier molecular flexibility index (Phi) is 6.32. The average Bonchev–Trinajstić information content (AvgIpc) is 2.23. The molecule has 7 heteroatoms. The molecule has 0 radical (unpaired) electrons. The maximum Gasteiger partial charge on any atom is 0.408 e. The predicted octanol–water partition coefficient (Wildman–Crippen LogP) is 0.488. The van der Waals surface area contributed by atoms with E-state index in [0.717, 1.165) is 5.06 Å². The van der Waals surface area contributed by atoms with Crippen LogP contribution in [0.25, 0.3) is 0 Å². The molecule has 0 spiro atoms. The quantitative estimate of drug-likeness (QED) is 0.574. The van der Waals surface area contributed by atoms with Crippen molar-refractivity contribution in [2.75, 3.05) is 14.2 Å². The van der Waals surface area contributed by atoms with Gasteiger partial charge in [0.05, 0.1) is 7.11 Å². The smallest absolute Gasteiger partial charge is 0.408 e. The van der Waals surface area contributed by atoms with E-state index >= 15 is 0 Å². The molecule has 2 amide bonds. The SMILES string of the molecule is CON(C)C(=O)[C@H](CC=O)NC(=O)OC(C)(C)C. The lowest BCUT2D eigenvalue weighted by Crippen LogP contribution is -2.48. The first kappa shape index (κ1) is 16.4. The lowest BCUT2D eigenvalue weighted by molar-refractivity contribution is -0.171. The van der Waals surface area contributed by atoms with Crippen molar-refractivity contribution in [2.45, 2.75) is 38.8 Å². The van der Waals surface area contributed by atoms with Crippen LogP contribution < -0.4 is 5.32 Å². The van der Waals surface area contributed by atoms with E-state index < -0.39 is 23.6 Å². The Labute approximate surface area is 106 Å². The van der Waals surface area contributed by atoms with Crippen molar-refractivity contribution in [1.29, 1.82) is 0 Å². The third-order valence-electron chi connectivity index (χ3n) is 1.91. The number of hydroxylamine groups is 2. The number of hydrogen-bond donors (Lipinski definition) is 1. The summed E-state index contributed by atoms with van der Waals surface area (Å²) in [5, 5.41) is 3.26. The van der Waals surface area contributed by atoms with E-state index in [1.54, 1.807) is 20.8 Å². The maximum atomic E-state index is 11.7. The van der Waals surface area contributed by atoms with Crippen LogP contribution in [0.3, 0.4) is 0 Å². The fourth-order valence-corrected chi connectivity index (χ4v) is 1.08. The van der Waals surface area contributed by atoms with Crippen LogP contribution in [0.4, 0.5) is 4.79 Å². The minimum atomic E-state index is -0.998. The van der Waals surface area contributed by atoms with Gasteiger partial charge >= 0.3 is 6.09 Å². The van der Waals surface area contributed by atoms with Crippen molar-refractivity contribution in [1.82, 2.24) is 10.4 Å². The van der Waals surface area contributed by atoms with E-state index in [4.69, 9.17) is 9.57 Å². The number of nitrogens with zero attached hydrogens (tertiary/aromatic N) is 1. The molecule has 0 heterocycles. The number of carbonyl (C=O) groups is 3. The summed E-state index contributed by atoms with van der Waals surface area (Å²) in [6, 6.07) is -0.998. The van der Waals surface area contributed by atoms with Crippen LogP contribution in [0.2, 0.25) is 0 Å². The van der Waals surface area contributed by atoms with Crippen LogP contribution in [0.15, 0.2) is 0 Å². The Morgan fingerprint density at radius 1 is 1.39 bits per heavy atom. The lowest BCUT2D eigenvalue weighted by atomic mass is 10.2. The molecule has 0 saturated heterocycles. The van der Waals surface area contributed by atoms with Crippen molar-refractivity contribution in [3.05, 3.63) is 0 Å². The Hall–Kier alpha value is -1.63. The number of ether oxygens (including phenoxy) is 1. The van der Waals surface area contributed by atoms with Crippen molar-refractivity contribution >= 4 is 18.3 Å².